The van der Waals surface area contributed by atoms with Crippen molar-refractivity contribution in [1.29, 1.82) is 0 Å². The predicted molar refractivity (Wildman–Crippen MR) is 114 cm³/mol. The summed E-state index contributed by atoms with van der Waals surface area (Å²) in [6.07, 6.45) is -0.211. The number of nitrogens with one attached hydrogen (secondary N) is 1. The van der Waals surface area contributed by atoms with Crippen molar-refractivity contribution >= 4 is 11.8 Å². The van der Waals surface area contributed by atoms with E-state index in [1.807, 2.05) is 11.9 Å². The molecule has 1 aromatic rings. The molecule has 3 aliphatic rings. The second-order valence-electron chi connectivity index (χ2n) is 9.16. The number of carbonyl (C=O) groups is 2. The highest BCUT2D eigenvalue weighted by Crippen LogP contribution is 2.31. The van der Waals surface area contributed by atoms with Crippen LogP contribution < -0.4 is 5.32 Å². The van der Waals surface area contributed by atoms with Gasteiger partial charge in [-0.2, -0.15) is 13.2 Å². The summed E-state index contributed by atoms with van der Waals surface area (Å²) in [7, 11) is 2.02. The van der Waals surface area contributed by atoms with Crippen molar-refractivity contribution in [2.75, 3.05) is 33.2 Å². The number of benzene rings is 1. The standard InChI is InChI=1S/C23H31F3N4O2/c1-28-18(8-9-20(31)29-11-2-3-12-29)14-27-22(32)21-19(28)10-13-30(21)15-16-4-6-17(7-5-16)23(24,25)26/h4-7,18-19,21H,2-3,8-15H2,1H3,(H,27,32)/t18-,19+,21-/m0/s1. The monoisotopic (exact) mass is 452 g/mol. The van der Waals surface area contributed by atoms with Gasteiger partial charge < -0.3 is 10.2 Å². The fraction of sp³-hybridized carbons (Fsp3) is 0.652. The molecule has 32 heavy (non-hydrogen) atoms. The largest absolute Gasteiger partial charge is 0.416 e. The molecule has 0 aromatic heterocycles. The average Bonchev–Trinajstić information content (AvgIpc) is 3.41. The Morgan fingerprint density at radius 2 is 1.81 bits per heavy atom. The maximum atomic E-state index is 12.9. The third kappa shape index (κ3) is 4.93. The molecule has 3 aliphatic heterocycles. The van der Waals surface area contributed by atoms with Crippen LogP contribution in [0.4, 0.5) is 13.2 Å². The Hall–Kier alpha value is -2.13. The van der Waals surface area contributed by atoms with E-state index in [0.717, 1.165) is 50.0 Å². The van der Waals surface area contributed by atoms with Crippen molar-refractivity contribution in [2.24, 2.45) is 0 Å². The Morgan fingerprint density at radius 3 is 2.47 bits per heavy atom. The number of halogens is 3. The lowest BCUT2D eigenvalue weighted by atomic mass is 10.0. The van der Waals surface area contributed by atoms with E-state index in [4.69, 9.17) is 0 Å². The summed E-state index contributed by atoms with van der Waals surface area (Å²) in [4.78, 5) is 31.6. The summed E-state index contributed by atoms with van der Waals surface area (Å²) in [5, 5.41) is 3.04. The van der Waals surface area contributed by atoms with Crippen LogP contribution in [0, 0.1) is 0 Å². The molecule has 2 amide bonds. The van der Waals surface area contributed by atoms with Crippen molar-refractivity contribution in [3.8, 4) is 0 Å². The van der Waals surface area contributed by atoms with Crippen LogP contribution in [0.1, 0.15) is 43.2 Å². The molecule has 176 valence electrons. The van der Waals surface area contributed by atoms with Gasteiger partial charge >= 0.3 is 6.18 Å². The summed E-state index contributed by atoms with van der Waals surface area (Å²) < 4.78 is 38.5. The Balaban J connectivity index is 1.38. The van der Waals surface area contributed by atoms with Crippen molar-refractivity contribution in [3.05, 3.63) is 35.4 Å². The van der Waals surface area contributed by atoms with Crippen LogP contribution in [0.25, 0.3) is 0 Å². The van der Waals surface area contributed by atoms with E-state index in [9.17, 15) is 22.8 Å². The molecule has 6 nitrogen and oxygen atoms in total. The maximum Gasteiger partial charge on any atom is 0.416 e. The molecule has 1 aromatic carbocycles. The molecule has 1 N–H and O–H groups in total. The van der Waals surface area contributed by atoms with Gasteiger partial charge in [-0.05, 0) is 50.4 Å². The van der Waals surface area contributed by atoms with Gasteiger partial charge in [0.05, 0.1) is 5.56 Å². The van der Waals surface area contributed by atoms with E-state index in [-0.39, 0.29) is 29.9 Å². The lowest BCUT2D eigenvalue weighted by Gasteiger charge is -2.33. The SMILES string of the molecule is CN1[C@@H](CCC(=O)N2CCCC2)CNC(=O)[C@@H]2[C@H]1CCN2Cc1ccc(C(F)(F)F)cc1. The van der Waals surface area contributed by atoms with Crippen LogP contribution >= 0.6 is 0 Å². The van der Waals surface area contributed by atoms with Crippen molar-refractivity contribution < 1.29 is 22.8 Å². The Labute approximate surface area is 186 Å². The first kappa shape index (κ1) is 23.0. The summed E-state index contributed by atoms with van der Waals surface area (Å²) in [6.45, 7) is 3.33. The van der Waals surface area contributed by atoms with E-state index >= 15 is 0 Å². The molecule has 9 heteroatoms. The van der Waals surface area contributed by atoms with Gasteiger partial charge in [0.15, 0.2) is 0 Å². The molecule has 3 atom stereocenters. The lowest BCUT2D eigenvalue weighted by molar-refractivity contribution is -0.137. The Kier molecular flexibility index (Phi) is 6.76. The fourth-order valence-electron chi connectivity index (χ4n) is 5.27. The second kappa shape index (κ2) is 9.39. The third-order valence-corrected chi connectivity index (χ3v) is 7.17. The van der Waals surface area contributed by atoms with Crippen LogP contribution in [0.2, 0.25) is 0 Å². The minimum atomic E-state index is -4.35. The molecule has 0 saturated carbocycles. The number of likely N-dealkylation sites (tertiary alicyclic amines) is 2. The van der Waals surface area contributed by atoms with E-state index in [2.05, 4.69) is 15.1 Å². The minimum Gasteiger partial charge on any atom is -0.353 e. The minimum absolute atomic E-state index is 0.0267. The maximum absolute atomic E-state index is 12.9. The van der Waals surface area contributed by atoms with E-state index in [0.29, 0.717) is 32.5 Å². The molecule has 3 saturated heterocycles. The van der Waals surface area contributed by atoms with Gasteiger partial charge in [0.25, 0.3) is 0 Å². The van der Waals surface area contributed by atoms with Gasteiger partial charge in [-0.3, -0.25) is 19.4 Å². The normalized spacial score (nSPS) is 27.3. The average molecular weight is 453 g/mol. The molecule has 0 aliphatic carbocycles. The number of likely N-dealkylation sites (N-methyl/N-ethyl adjacent to an activating group) is 1. The Morgan fingerprint density at radius 1 is 1.12 bits per heavy atom. The zero-order valence-corrected chi connectivity index (χ0v) is 18.4. The van der Waals surface area contributed by atoms with Crippen molar-refractivity contribution in [1.82, 2.24) is 20.0 Å². The quantitative estimate of drug-likeness (QED) is 0.746. The highest BCUT2D eigenvalue weighted by molar-refractivity contribution is 5.83. The highest BCUT2D eigenvalue weighted by Gasteiger charge is 2.45. The van der Waals surface area contributed by atoms with Gasteiger partial charge in [-0.15, -0.1) is 0 Å². The first-order valence-corrected chi connectivity index (χ1v) is 11.4. The molecule has 0 unspecified atom stereocenters. The number of fused-ring (bicyclic) bond motifs is 1. The molecule has 3 heterocycles. The Bertz CT molecular complexity index is 824. The second-order valence-corrected chi connectivity index (χ2v) is 9.16. The number of hydrogen-bond acceptors (Lipinski definition) is 4. The van der Waals surface area contributed by atoms with Crippen LogP contribution in [0.15, 0.2) is 24.3 Å². The summed E-state index contributed by atoms with van der Waals surface area (Å²) in [6, 6.07) is 4.93. The van der Waals surface area contributed by atoms with Crippen molar-refractivity contribution in [3.63, 3.8) is 0 Å². The smallest absolute Gasteiger partial charge is 0.353 e. The van der Waals surface area contributed by atoms with Gasteiger partial charge in [0.1, 0.15) is 6.04 Å². The van der Waals surface area contributed by atoms with Gasteiger partial charge in [-0.25, -0.2) is 0 Å². The summed E-state index contributed by atoms with van der Waals surface area (Å²) in [5.74, 6) is 0.151. The van der Waals surface area contributed by atoms with Crippen LogP contribution in [0.5, 0.6) is 0 Å². The van der Waals surface area contributed by atoms with Crippen LogP contribution in [-0.4, -0.2) is 77.9 Å². The molecular weight excluding hydrogens is 421 g/mol. The van der Waals surface area contributed by atoms with Gasteiger partial charge in [0, 0.05) is 51.2 Å². The third-order valence-electron chi connectivity index (χ3n) is 7.17. The molecule has 0 radical (unpaired) electrons. The summed E-state index contributed by atoms with van der Waals surface area (Å²) >= 11 is 0. The number of rotatable bonds is 5. The molecule has 0 spiro atoms. The first-order chi connectivity index (χ1) is 15.2. The van der Waals surface area contributed by atoms with Crippen LogP contribution in [0.3, 0.4) is 0 Å². The molecule has 0 bridgehead atoms. The van der Waals surface area contributed by atoms with Gasteiger partial charge in [-0.1, -0.05) is 12.1 Å². The highest BCUT2D eigenvalue weighted by atomic mass is 19.4. The lowest BCUT2D eigenvalue weighted by Crippen LogP contribution is -2.49. The number of amides is 2. The van der Waals surface area contributed by atoms with Crippen molar-refractivity contribution in [2.45, 2.75) is 63.0 Å². The molecular formula is C23H31F3N4O2. The first-order valence-electron chi connectivity index (χ1n) is 11.4. The summed E-state index contributed by atoms with van der Waals surface area (Å²) in [5.41, 5.74) is 0.0879. The fourth-order valence-corrected chi connectivity index (χ4v) is 5.27. The van der Waals surface area contributed by atoms with E-state index < -0.39 is 11.7 Å². The van der Waals surface area contributed by atoms with E-state index in [1.54, 1.807) is 0 Å². The number of nitrogens with zero attached hydrogens (tertiary/aromatic N) is 3. The topological polar surface area (TPSA) is 55.9 Å². The zero-order valence-electron chi connectivity index (χ0n) is 18.4. The molecule has 3 fully saturated rings. The predicted octanol–water partition coefficient (Wildman–Crippen LogP) is 2.48. The number of hydrogen-bond donors (Lipinski definition) is 1. The zero-order chi connectivity index (χ0) is 22.9. The van der Waals surface area contributed by atoms with Crippen LogP contribution in [-0.2, 0) is 22.3 Å². The van der Waals surface area contributed by atoms with Gasteiger partial charge in [0.2, 0.25) is 11.8 Å². The van der Waals surface area contributed by atoms with E-state index in [1.165, 1.54) is 12.1 Å². The molecule has 4 rings (SSSR count). The number of carbonyl (C=O) groups excluding carboxylic acids is 2. The number of alkyl halides is 3.